The summed E-state index contributed by atoms with van der Waals surface area (Å²) >= 11 is 0. The molecule has 0 saturated heterocycles. The van der Waals surface area contributed by atoms with Crippen LogP contribution in [0.3, 0.4) is 0 Å². The lowest BCUT2D eigenvalue weighted by atomic mass is 9.63. The van der Waals surface area contributed by atoms with E-state index in [0.717, 1.165) is 33.2 Å². The van der Waals surface area contributed by atoms with Gasteiger partial charge in [-0.3, -0.25) is 4.57 Å². The molecule has 0 N–H and O–H groups in total. The van der Waals surface area contributed by atoms with Crippen molar-refractivity contribution in [3.8, 4) is 39.5 Å². The molecule has 0 saturated carbocycles. The molecule has 0 unspecified atom stereocenters. The second-order valence-electron chi connectivity index (χ2n) is 15.2. The minimum Gasteiger partial charge on any atom is -0.278 e. The summed E-state index contributed by atoms with van der Waals surface area (Å²) in [7, 11) is 0. The van der Waals surface area contributed by atoms with Crippen molar-refractivity contribution in [1.29, 1.82) is 0 Å². The predicted octanol–water partition coefficient (Wildman–Crippen LogP) is 13.0. The summed E-state index contributed by atoms with van der Waals surface area (Å²) in [6.45, 7) is 0. The summed E-state index contributed by atoms with van der Waals surface area (Å²) < 4.78 is 2.35. The number of fused-ring (bicyclic) bond motifs is 9. The van der Waals surface area contributed by atoms with E-state index in [1.165, 1.54) is 76.8 Å². The Kier molecular flexibility index (Phi) is 5.83. The Morgan fingerprint density at radius 2 is 1.02 bits per heavy atom. The van der Waals surface area contributed by atoms with Crippen LogP contribution in [0.1, 0.15) is 22.3 Å². The van der Waals surface area contributed by atoms with Gasteiger partial charge in [-0.2, -0.15) is 0 Å². The Hall–Kier alpha value is -7.36. The van der Waals surface area contributed by atoms with Gasteiger partial charge in [0, 0.05) is 21.7 Å². The molecule has 0 radical (unpaired) electrons. The van der Waals surface area contributed by atoms with Crippen LogP contribution in [0.15, 0.2) is 188 Å². The van der Waals surface area contributed by atoms with Gasteiger partial charge in [0.25, 0.3) is 0 Å². The summed E-state index contributed by atoms with van der Waals surface area (Å²) in [5.74, 6) is 0.670. The largest absolute Gasteiger partial charge is 0.278 e. The second kappa shape index (κ2) is 10.9. The maximum absolute atomic E-state index is 5.51. The fourth-order valence-electron chi connectivity index (χ4n) is 10.4. The highest BCUT2D eigenvalue weighted by atomic mass is 15.2. The first-order chi connectivity index (χ1) is 27.8. The van der Waals surface area contributed by atoms with Crippen molar-refractivity contribution in [1.82, 2.24) is 14.5 Å². The lowest BCUT2D eigenvalue weighted by molar-refractivity contribution is 0.783. The van der Waals surface area contributed by atoms with E-state index in [0.29, 0.717) is 5.95 Å². The summed E-state index contributed by atoms with van der Waals surface area (Å²) in [4.78, 5) is 10.9. The van der Waals surface area contributed by atoms with E-state index < -0.39 is 5.41 Å². The van der Waals surface area contributed by atoms with Crippen molar-refractivity contribution in [3.05, 3.63) is 210 Å². The molecule has 2 aliphatic carbocycles. The van der Waals surface area contributed by atoms with E-state index in [1.54, 1.807) is 0 Å². The molecular formula is C53H31N3. The molecule has 0 bridgehead atoms. The van der Waals surface area contributed by atoms with Crippen LogP contribution in [0.4, 0.5) is 0 Å². The van der Waals surface area contributed by atoms with Gasteiger partial charge in [-0.25, -0.2) is 9.97 Å². The average molecular weight is 710 g/mol. The maximum atomic E-state index is 5.51. The number of para-hydroxylation sites is 1. The molecule has 0 amide bonds. The molecule has 2 aromatic heterocycles. The zero-order valence-corrected chi connectivity index (χ0v) is 30.2. The summed E-state index contributed by atoms with van der Waals surface area (Å²) in [5, 5.41) is 8.56. The highest BCUT2D eigenvalue weighted by Crippen LogP contribution is 2.62. The first-order valence-corrected chi connectivity index (χ1v) is 19.3. The Morgan fingerprint density at radius 3 is 1.86 bits per heavy atom. The zero-order chi connectivity index (χ0) is 36.5. The zero-order valence-electron chi connectivity index (χ0n) is 30.2. The number of rotatable bonds is 3. The molecular weight excluding hydrogens is 679 g/mol. The summed E-state index contributed by atoms with van der Waals surface area (Å²) in [6.07, 6.45) is 0. The first-order valence-electron chi connectivity index (χ1n) is 19.3. The third kappa shape index (κ3) is 3.72. The first kappa shape index (κ1) is 30.0. The van der Waals surface area contributed by atoms with Crippen LogP contribution in [-0.4, -0.2) is 14.5 Å². The van der Waals surface area contributed by atoms with Crippen LogP contribution in [0.5, 0.6) is 0 Å². The van der Waals surface area contributed by atoms with Crippen molar-refractivity contribution in [2.75, 3.05) is 0 Å². The van der Waals surface area contributed by atoms with Gasteiger partial charge in [-0.05, 0) is 90.3 Å². The molecule has 3 heteroatoms. The number of aromatic nitrogens is 3. The molecule has 11 aromatic rings. The standard InChI is InChI=1S/C53H31N3/c1-2-15-34(16-3-1)51-40-22-8-11-27-45(40)54-52(55-51)56-46-29-28-33-18-13-26-43-48(33)50(46)49-44(53(43)41-24-9-6-20-38(41)39-21-7-10-25-42(39)53)30-35(31-47(49)56)37-23-12-17-32-14-4-5-19-36(32)37/h1-31H. The molecule has 0 fully saturated rings. The minimum atomic E-state index is -0.543. The number of hydrogen-bond donors (Lipinski definition) is 0. The Labute approximate surface area is 322 Å². The van der Waals surface area contributed by atoms with Crippen LogP contribution < -0.4 is 0 Å². The SMILES string of the molecule is c1ccc(-c2nc(-n3c4cc(-c5cccc6ccccc56)cc5c4c4c6c(cccc6ccc43)C53c4ccccc4-c4ccccc43)nc3ccccc23)cc1. The maximum Gasteiger partial charge on any atom is 0.235 e. The van der Waals surface area contributed by atoms with Gasteiger partial charge in [-0.15, -0.1) is 0 Å². The smallest absolute Gasteiger partial charge is 0.235 e. The van der Waals surface area contributed by atoms with E-state index in [4.69, 9.17) is 9.97 Å². The van der Waals surface area contributed by atoms with E-state index in [2.05, 4.69) is 193 Å². The highest BCUT2D eigenvalue weighted by molar-refractivity contribution is 6.27. The summed E-state index contributed by atoms with van der Waals surface area (Å²) in [6, 6.07) is 68.9. The molecule has 0 aliphatic heterocycles. The number of benzene rings is 9. The second-order valence-corrected chi connectivity index (χ2v) is 15.2. The van der Waals surface area contributed by atoms with Crippen LogP contribution in [0.2, 0.25) is 0 Å². The average Bonchev–Trinajstić information content (AvgIpc) is 3.76. The van der Waals surface area contributed by atoms with Crippen molar-refractivity contribution in [3.63, 3.8) is 0 Å². The molecule has 0 atom stereocenters. The topological polar surface area (TPSA) is 30.7 Å². The Bertz CT molecular complexity index is 3430. The number of nitrogens with zero attached hydrogens (tertiary/aromatic N) is 3. The Balaban J connectivity index is 1.27. The quantitative estimate of drug-likeness (QED) is 0.183. The summed E-state index contributed by atoms with van der Waals surface area (Å²) in [5.41, 5.74) is 14.8. The fourth-order valence-corrected chi connectivity index (χ4v) is 10.4. The molecule has 9 aromatic carbocycles. The van der Waals surface area contributed by atoms with Gasteiger partial charge < -0.3 is 0 Å². The number of hydrogen-bond acceptors (Lipinski definition) is 2. The van der Waals surface area contributed by atoms with Gasteiger partial charge in [0.05, 0.1) is 27.7 Å². The monoisotopic (exact) mass is 709 g/mol. The van der Waals surface area contributed by atoms with Crippen molar-refractivity contribution >= 4 is 54.3 Å². The predicted molar refractivity (Wildman–Crippen MR) is 231 cm³/mol. The van der Waals surface area contributed by atoms with Gasteiger partial charge in [0.2, 0.25) is 5.95 Å². The molecule has 258 valence electrons. The van der Waals surface area contributed by atoms with Gasteiger partial charge in [0.1, 0.15) is 0 Å². The molecule has 56 heavy (non-hydrogen) atoms. The highest BCUT2D eigenvalue weighted by Gasteiger charge is 2.50. The van der Waals surface area contributed by atoms with Crippen LogP contribution in [0.25, 0.3) is 93.7 Å². The molecule has 13 rings (SSSR count). The Morgan fingerprint density at radius 1 is 0.375 bits per heavy atom. The fraction of sp³-hybridized carbons (Fsp3) is 0.0189. The van der Waals surface area contributed by atoms with Gasteiger partial charge in [-0.1, -0.05) is 164 Å². The lowest BCUT2D eigenvalue weighted by Gasteiger charge is -2.38. The van der Waals surface area contributed by atoms with Crippen molar-refractivity contribution in [2.45, 2.75) is 5.41 Å². The van der Waals surface area contributed by atoms with Gasteiger partial charge >= 0.3 is 0 Å². The van der Waals surface area contributed by atoms with E-state index in [9.17, 15) is 0 Å². The normalized spacial score (nSPS) is 13.5. The molecule has 1 spiro atoms. The van der Waals surface area contributed by atoms with Crippen molar-refractivity contribution < 1.29 is 0 Å². The van der Waals surface area contributed by atoms with Crippen LogP contribution in [0, 0.1) is 0 Å². The third-order valence-corrected chi connectivity index (χ3v) is 12.6. The van der Waals surface area contributed by atoms with Gasteiger partial charge in [0.15, 0.2) is 0 Å². The van der Waals surface area contributed by atoms with E-state index in [1.807, 2.05) is 0 Å². The minimum absolute atomic E-state index is 0.543. The van der Waals surface area contributed by atoms with Crippen LogP contribution in [-0.2, 0) is 5.41 Å². The molecule has 2 heterocycles. The van der Waals surface area contributed by atoms with Crippen LogP contribution >= 0.6 is 0 Å². The third-order valence-electron chi connectivity index (χ3n) is 12.6. The molecule has 2 aliphatic rings. The van der Waals surface area contributed by atoms with E-state index in [-0.39, 0.29) is 0 Å². The van der Waals surface area contributed by atoms with E-state index >= 15 is 0 Å². The van der Waals surface area contributed by atoms with Crippen molar-refractivity contribution in [2.24, 2.45) is 0 Å². The lowest BCUT2D eigenvalue weighted by Crippen LogP contribution is -2.30. The molecule has 3 nitrogen and oxygen atoms in total.